The van der Waals surface area contributed by atoms with Crippen molar-refractivity contribution in [2.75, 3.05) is 13.1 Å². The maximum atomic E-state index is 11.8. The third kappa shape index (κ3) is 8.60. The molecule has 0 unspecified atom stereocenters. The standard InChI is InChI=1S/C17H24N2O4/c1-13(2)23-16(21)10-12-18-15(20)9-6-11-19-17(22)14-7-4-3-5-8-14/h3-5,7-8,13H,6,9-12H2,1-2H3,(H,18,20)(H,19,22). The summed E-state index contributed by atoms with van der Waals surface area (Å²) in [7, 11) is 0. The van der Waals surface area contributed by atoms with Crippen molar-refractivity contribution in [3.8, 4) is 0 Å². The van der Waals surface area contributed by atoms with Crippen LogP contribution >= 0.6 is 0 Å². The summed E-state index contributed by atoms with van der Waals surface area (Å²) < 4.78 is 4.96. The first-order valence-electron chi connectivity index (χ1n) is 7.78. The highest BCUT2D eigenvalue weighted by atomic mass is 16.5. The van der Waals surface area contributed by atoms with E-state index in [0.29, 0.717) is 24.9 Å². The zero-order chi connectivity index (χ0) is 17.1. The van der Waals surface area contributed by atoms with E-state index < -0.39 is 0 Å². The Labute approximate surface area is 136 Å². The molecule has 1 rings (SSSR count). The van der Waals surface area contributed by atoms with Gasteiger partial charge in [0, 0.05) is 25.1 Å². The molecule has 0 saturated carbocycles. The Bertz CT molecular complexity index is 515. The fraction of sp³-hybridized carbons (Fsp3) is 0.471. The van der Waals surface area contributed by atoms with Gasteiger partial charge in [0.1, 0.15) is 0 Å². The van der Waals surface area contributed by atoms with Crippen LogP contribution in [0, 0.1) is 0 Å². The van der Waals surface area contributed by atoms with Gasteiger partial charge in [0.15, 0.2) is 0 Å². The van der Waals surface area contributed by atoms with Gasteiger partial charge in [0.25, 0.3) is 5.91 Å². The molecule has 0 spiro atoms. The lowest BCUT2D eigenvalue weighted by Crippen LogP contribution is -2.29. The third-order valence-electron chi connectivity index (χ3n) is 2.92. The first kappa shape index (κ1) is 18.7. The average molecular weight is 320 g/mol. The maximum Gasteiger partial charge on any atom is 0.307 e. The summed E-state index contributed by atoms with van der Waals surface area (Å²) in [6.45, 7) is 4.25. The van der Waals surface area contributed by atoms with Crippen LogP contribution in [0.25, 0.3) is 0 Å². The van der Waals surface area contributed by atoms with Crippen molar-refractivity contribution in [3.63, 3.8) is 0 Å². The zero-order valence-electron chi connectivity index (χ0n) is 13.6. The minimum Gasteiger partial charge on any atom is -0.463 e. The molecule has 6 heteroatoms. The quantitative estimate of drug-likeness (QED) is 0.535. The minimum atomic E-state index is -0.324. The molecule has 2 N–H and O–H groups in total. The van der Waals surface area contributed by atoms with Crippen molar-refractivity contribution in [2.45, 2.75) is 39.2 Å². The van der Waals surface area contributed by atoms with E-state index >= 15 is 0 Å². The number of esters is 1. The fourth-order valence-corrected chi connectivity index (χ4v) is 1.86. The van der Waals surface area contributed by atoms with E-state index in [1.54, 1.807) is 38.1 Å². The van der Waals surface area contributed by atoms with Crippen LogP contribution in [-0.2, 0) is 14.3 Å². The lowest BCUT2D eigenvalue weighted by molar-refractivity contribution is -0.147. The molecule has 126 valence electrons. The molecule has 0 aliphatic rings. The molecule has 0 aliphatic carbocycles. The number of benzene rings is 1. The smallest absolute Gasteiger partial charge is 0.307 e. The number of hydrogen-bond donors (Lipinski definition) is 2. The summed E-state index contributed by atoms with van der Waals surface area (Å²) >= 11 is 0. The van der Waals surface area contributed by atoms with Crippen LogP contribution in [0.15, 0.2) is 30.3 Å². The first-order chi connectivity index (χ1) is 11.0. The lowest BCUT2D eigenvalue weighted by Gasteiger charge is -2.09. The number of carbonyl (C=O) groups is 3. The van der Waals surface area contributed by atoms with E-state index in [0.717, 1.165) is 0 Å². The third-order valence-corrected chi connectivity index (χ3v) is 2.92. The molecule has 0 aliphatic heterocycles. The van der Waals surface area contributed by atoms with Gasteiger partial charge in [-0.05, 0) is 32.4 Å². The van der Waals surface area contributed by atoms with E-state index in [9.17, 15) is 14.4 Å². The summed E-state index contributed by atoms with van der Waals surface area (Å²) in [6.07, 6.45) is 0.857. The molecule has 1 aromatic rings. The van der Waals surface area contributed by atoms with Crippen molar-refractivity contribution in [2.24, 2.45) is 0 Å². The molecule has 0 aromatic heterocycles. The van der Waals surface area contributed by atoms with Gasteiger partial charge in [-0.1, -0.05) is 18.2 Å². The van der Waals surface area contributed by atoms with Gasteiger partial charge >= 0.3 is 5.97 Å². The van der Waals surface area contributed by atoms with Crippen LogP contribution in [0.5, 0.6) is 0 Å². The highest BCUT2D eigenvalue weighted by Gasteiger charge is 2.07. The molecular weight excluding hydrogens is 296 g/mol. The Morgan fingerprint density at radius 2 is 1.70 bits per heavy atom. The summed E-state index contributed by atoms with van der Waals surface area (Å²) in [6, 6.07) is 8.91. The van der Waals surface area contributed by atoms with Crippen LogP contribution in [0.4, 0.5) is 0 Å². The lowest BCUT2D eigenvalue weighted by atomic mass is 10.2. The van der Waals surface area contributed by atoms with E-state index in [1.807, 2.05) is 6.07 Å². The Hall–Kier alpha value is -2.37. The van der Waals surface area contributed by atoms with Gasteiger partial charge in [-0.3, -0.25) is 14.4 Å². The predicted octanol–water partition coefficient (Wildman–Crippen LogP) is 1.65. The molecule has 6 nitrogen and oxygen atoms in total. The maximum absolute atomic E-state index is 11.8. The molecule has 1 aromatic carbocycles. The second-order valence-corrected chi connectivity index (χ2v) is 5.36. The molecule has 0 saturated heterocycles. The fourth-order valence-electron chi connectivity index (χ4n) is 1.86. The Morgan fingerprint density at radius 1 is 1.00 bits per heavy atom. The van der Waals surface area contributed by atoms with Crippen LogP contribution in [-0.4, -0.2) is 37.0 Å². The second kappa shape index (κ2) is 10.4. The monoisotopic (exact) mass is 320 g/mol. The summed E-state index contributed by atoms with van der Waals surface area (Å²) in [4.78, 5) is 34.6. The zero-order valence-corrected chi connectivity index (χ0v) is 13.6. The Balaban J connectivity index is 2.08. The highest BCUT2D eigenvalue weighted by molar-refractivity contribution is 5.94. The summed E-state index contributed by atoms with van der Waals surface area (Å²) in [5, 5.41) is 5.41. The van der Waals surface area contributed by atoms with Crippen molar-refractivity contribution in [1.82, 2.24) is 10.6 Å². The van der Waals surface area contributed by atoms with Gasteiger partial charge in [0.2, 0.25) is 5.91 Å². The van der Waals surface area contributed by atoms with Gasteiger partial charge in [-0.25, -0.2) is 0 Å². The molecule has 0 radical (unpaired) electrons. The van der Waals surface area contributed by atoms with Crippen LogP contribution < -0.4 is 10.6 Å². The van der Waals surface area contributed by atoms with Crippen molar-refractivity contribution in [1.29, 1.82) is 0 Å². The normalized spacial score (nSPS) is 10.2. The largest absolute Gasteiger partial charge is 0.463 e. The predicted molar refractivity (Wildman–Crippen MR) is 86.9 cm³/mol. The Kier molecular flexibility index (Phi) is 8.42. The Morgan fingerprint density at radius 3 is 2.35 bits per heavy atom. The van der Waals surface area contributed by atoms with Gasteiger partial charge in [-0.2, -0.15) is 0 Å². The molecule has 0 atom stereocenters. The first-order valence-corrected chi connectivity index (χ1v) is 7.78. The number of hydrogen-bond acceptors (Lipinski definition) is 4. The van der Waals surface area contributed by atoms with Gasteiger partial charge in [0.05, 0.1) is 12.5 Å². The van der Waals surface area contributed by atoms with Gasteiger partial charge in [-0.15, -0.1) is 0 Å². The number of amides is 2. The van der Waals surface area contributed by atoms with Crippen molar-refractivity contribution < 1.29 is 19.1 Å². The SMILES string of the molecule is CC(C)OC(=O)CCNC(=O)CCCNC(=O)c1ccccc1. The summed E-state index contributed by atoms with van der Waals surface area (Å²) in [5.74, 6) is -0.617. The molecule has 0 fully saturated rings. The molecule has 0 heterocycles. The van der Waals surface area contributed by atoms with E-state index in [-0.39, 0.29) is 36.9 Å². The number of nitrogens with one attached hydrogen (secondary N) is 2. The minimum absolute atomic E-state index is 0.142. The van der Waals surface area contributed by atoms with Crippen LogP contribution in [0.3, 0.4) is 0 Å². The van der Waals surface area contributed by atoms with E-state index in [1.165, 1.54) is 0 Å². The number of carbonyl (C=O) groups excluding carboxylic acids is 3. The molecule has 0 bridgehead atoms. The second-order valence-electron chi connectivity index (χ2n) is 5.36. The molecule has 2 amide bonds. The number of rotatable bonds is 9. The number of ether oxygens (including phenoxy) is 1. The van der Waals surface area contributed by atoms with Crippen molar-refractivity contribution >= 4 is 17.8 Å². The molecular formula is C17H24N2O4. The van der Waals surface area contributed by atoms with Gasteiger partial charge < -0.3 is 15.4 Å². The highest BCUT2D eigenvalue weighted by Crippen LogP contribution is 1.98. The van der Waals surface area contributed by atoms with E-state index in [2.05, 4.69) is 10.6 Å². The van der Waals surface area contributed by atoms with Crippen molar-refractivity contribution in [3.05, 3.63) is 35.9 Å². The topological polar surface area (TPSA) is 84.5 Å². The molecule has 23 heavy (non-hydrogen) atoms. The average Bonchev–Trinajstić information content (AvgIpc) is 2.51. The summed E-state index contributed by atoms with van der Waals surface area (Å²) in [5.41, 5.74) is 0.598. The van der Waals surface area contributed by atoms with E-state index in [4.69, 9.17) is 4.74 Å². The van der Waals surface area contributed by atoms with Crippen LogP contribution in [0.2, 0.25) is 0 Å². The van der Waals surface area contributed by atoms with Crippen LogP contribution in [0.1, 0.15) is 43.5 Å².